The van der Waals surface area contributed by atoms with Crippen molar-refractivity contribution in [2.24, 2.45) is 0 Å². The van der Waals surface area contributed by atoms with Gasteiger partial charge in [-0.15, -0.1) is 10.2 Å². The molecule has 0 unspecified atom stereocenters. The van der Waals surface area contributed by atoms with Crippen LogP contribution in [0, 0.1) is 12.7 Å². The van der Waals surface area contributed by atoms with Crippen LogP contribution in [0.3, 0.4) is 0 Å². The standard InChI is InChI=1S/C12H10FN3O3S2/c1-6-2-7(4-8(13)3-6)10(19)14-11-15-16-12(21-11)20-5-9(17)18/h2-4H,5H2,1H3,(H,17,18)(H,14,15,19). The summed E-state index contributed by atoms with van der Waals surface area (Å²) in [7, 11) is 0. The van der Waals surface area contributed by atoms with Crippen molar-refractivity contribution in [2.45, 2.75) is 11.3 Å². The first-order chi connectivity index (χ1) is 9.94. The van der Waals surface area contributed by atoms with Crippen LogP contribution in [0.1, 0.15) is 15.9 Å². The quantitative estimate of drug-likeness (QED) is 0.647. The summed E-state index contributed by atoms with van der Waals surface area (Å²) in [4.78, 5) is 22.4. The Hall–Kier alpha value is -2.00. The minimum Gasteiger partial charge on any atom is -0.481 e. The maximum Gasteiger partial charge on any atom is 0.313 e. The summed E-state index contributed by atoms with van der Waals surface area (Å²) in [5, 5.41) is 18.8. The van der Waals surface area contributed by atoms with E-state index in [1.807, 2.05) is 0 Å². The molecule has 1 amide bonds. The zero-order valence-corrected chi connectivity index (χ0v) is 12.4. The van der Waals surface area contributed by atoms with E-state index >= 15 is 0 Å². The molecule has 2 rings (SSSR count). The van der Waals surface area contributed by atoms with Gasteiger partial charge in [0.25, 0.3) is 5.91 Å². The summed E-state index contributed by atoms with van der Waals surface area (Å²) in [6.45, 7) is 1.69. The van der Waals surface area contributed by atoms with Crippen LogP contribution in [0.15, 0.2) is 22.5 Å². The summed E-state index contributed by atoms with van der Waals surface area (Å²) in [6.07, 6.45) is 0. The number of aromatic nitrogens is 2. The molecular weight excluding hydrogens is 317 g/mol. The molecule has 2 N–H and O–H groups in total. The highest BCUT2D eigenvalue weighted by Gasteiger charge is 2.12. The van der Waals surface area contributed by atoms with Gasteiger partial charge in [-0.3, -0.25) is 14.9 Å². The second-order valence-electron chi connectivity index (χ2n) is 4.03. The molecule has 0 bridgehead atoms. The molecule has 0 aliphatic carbocycles. The second-order valence-corrected chi connectivity index (χ2v) is 6.23. The topological polar surface area (TPSA) is 92.2 Å². The number of halogens is 1. The Morgan fingerprint density at radius 1 is 1.38 bits per heavy atom. The van der Waals surface area contributed by atoms with Crippen LogP contribution in [0.4, 0.5) is 9.52 Å². The normalized spacial score (nSPS) is 10.4. The molecule has 110 valence electrons. The number of carbonyl (C=O) groups is 2. The van der Waals surface area contributed by atoms with Gasteiger partial charge in [-0.2, -0.15) is 0 Å². The highest BCUT2D eigenvalue weighted by molar-refractivity contribution is 8.01. The molecule has 1 aromatic heterocycles. The lowest BCUT2D eigenvalue weighted by molar-refractivity contribution is -0.133. The third kappa shape index (κ3) is 4.50. The predicted octanol–water partition coefficient (Wildman–Crippen LogP) is 2.41. The van der Waals surface area contributed by atoms with Crippen LogP contribution >= 0.6 is 23.1 Å². The number of aliphatic carboxylic acids is 1. The Bertz CT molecular complexity index is 670. The number of aryl methyl sites for hydroxylation is 1. The highest BCUT2D eigenvalue weighted by Crippen LogP contribution is 2.25. The summed E-state index contributed by atoms with van der Waals surface area (Å²) in [5.41, 5.74) is 0.817. The van der Waals surface area contributed by atoms with Crippen LogP contribution in [-0.2, 0) is 4.79 Å². The third-order valence-electron chi connectivity index (χ3n) is 2.25. The van der Waals surface area contributed by atoms with Crippen LogP contribution in [0.2, 0.25) is 0 Å². The molecule has 0 spiro atoms. The van der Waals surface area contributed by atoms with E-state index in [0.717, 1.165) is 29.2 Å². The van der Waals surface area contributed by atoms with Gasteiger partial charge in [-0.1, -0.05) is 23.1 Å². The van der Waals surface area contributed by atoms with Crippen molar-refractivity contribution >= 4 is 40.1 Å². The fraction of sp³-hybridized carbons (Fsp3) is 0.167. The molecule has 0 radical (unpaired) electrons. The minimum atomic E-state index is -0.962. The number of hydrogen-bond acceptors (Lipinski definition) is 6. The van der Waals surface area contributed by atoms with E-state index in [1.54, 1.807) is 13.0 Å². The summed E-state index contributed by atoms with van der Waals surface area (Å²) in [5.74, 6) is -2.08. The van der Waals surface area contributed by atoms with Gasteiger partial charge in [0.1, 0.15) is 5.82 Å². The van der Waals surface area contributed by atoms with Crippen LogP contribution < -0.4 is 5.32 Å². The molecule has 2 aromatic rings. The number of benzene rings is 1. The van der Waals surface area contributed by atoms with Crippen molar-refractivity contribution in [1.82, 2.24) is 10.2 Å². The highest BCUT2D eigenvalue weighted by atomic mass is 32.2. The number of carbonyl (C=O) groups excluding carboxylic acids is 1. The Labute approximate surface area is 127 Å². The van der Waals surface area contributed by atoms with Crippen LogP contribution in [0.25, 0.3) is 0 Å². The van der Waals surface area contributed by atoms with Gasteiger partial charge in [0.2, 0.25) is 5.13 Å². The Morgan fingerprint density at radius 2 is 2.14 bits per heavy atom. The van der Waals surface area contributed by atoms with Gasteiger partial charge in [0, 0.05) is 5.56 Å². The lowest BCUT2D eigenvalue weighted by Crippen LogP contribution is -2.12. The van der Waals surface area contributed by atoms with Crippen molar-refractivity contribution in [3.05, 3.63) is 35.1 Å². The van der Waals surface area contributed by atoms with E-state index < -0.39 is 17.7 Å². The van der Waals surface area contributed by atoms with Gasteiger partial charge >= 0.3 is 5.97 Å². The first-order valence-electron chi connectivity index (χ1n) is 5.70. The number of anilines is 1. The van der Waals surface area contributed by atoms with E-state index in [4.69, 9.17) is 5.11 Å². The van der Waals surface area contributed by atoms with Gasteiger partial charge < -0.3 is 5.11 Å². The van der Waals surface area contributed by atoms with E-state index in [-0.39, 0.29) is 16.4 Å². The molecule has 0 saturated heterocycles. The molecule has 0 aliphatic rings. The van der Waals surface area contributed by atoms with Gasteiger partial charge in [0.05, 0.1) is 5.75 Å². The molecule has 0 fully saturated rings. The smallest absolute Gasteiger partial charge is 0.313 e. The number of amides is 1. The molecule has 0 aliphatic heterocycles. The lowest BCUT2D eigenvalue weighted by atomic mass is 10.1. The molecule has 1 heterocycles. The van der Waals surface area contributed by atoms with E-state index in [9.17, 15) is 14.0 Å². The third-order valence-corrected chi connectivity index (χ3v) is 4.21. The van der Waals surface area contributed by atoms with Crippen molar-refractivity contribution in [3.63, 3.8) is 0 Å². The van der Waals surface area contributed by atoms with Gasteiger partial charge in [0.15, 0.2) is 4.34 Å². The van der Waals surface area contributed by atoms with Crippen molar-refractivity contribution in [2.75, 3.05) is 11.1 Å². The number of nitrogens with one attached hydrogen (secondary N) is 1. The second kappa shape index (κ2) is 6.64. The van der Waals surface area contributed by atoms with E-state index in [2.05, 4.69) is 15.5 Å². The fourth-order valence-electron chi connectivity index (χ4n) is 1.48. The predicted molar refractivity (Wildman–Crippen MR) is 77.4 cm³/mol. The zero-order chi connectivity index (χ0) is 15.4. The number of thioether (sulfide) groups is 1. The summed E-state index contributed by atoms with van der Waals surface area (Å²) >= 11 is 2.07. The number of nitrogens with zero attached hydrogens (tertiary/aromatic N) is 2. The van der Waals surface area contributed by atoms with Crippen LogP contribution in [0.5, 0.6) is 0 Å². The first-order valence-corrected chi connectivity index (χ1v) is 7.51. The zero-order valence-electron chi connectivity index (χ0n) is 10.8. The van der Waals surface area contributed by atoms with Crippen molar-refractivity contribution in [3.8, 4) is 0 Å². The summed E-state index contributed by atoms with van der Waals surface area (Å²) < 4.78 is 13.7. The number of rotatable bonds is 5. The SMILES string of the molecule is Cc1cc(F)cc(C(=O)Nc2nnc(SCC(=O)O)s2)c1. The average Bonchev–Trinajstić information content (AvgIpc) is 2.83. The molecular formula is C12H10FN3O3S2. The molecule has 6 nitrogen and oxygen atoms in total. The molecule has 0 saturated carbocycles. The average molecular weight is 327 g/mol. The fourth-order valence-corrected chi connectivity index (χ4v) is 2.95. The maximum absolute atomic E-state index is 13.2. The monoisotopic (exact) mass is 327 g/mol. The van der Waals surface area contributed by atoms with Crippen LogP contribution in [-0.4, -0.2) is 32.9 Å². The number of hydrogen-bond donors (Lipinski definition) is 2. The van der Waals surface area contributed by atoms with E-state index in [0.29, 0.717) is 9.90 Å². The maximum atomic E-state index is 13.2. The molecule has 0 atom stereocenters. The molecule has 9 heteroatoms. The molecule has 21 heavy (non-hydrogen) atoms. The van der Waals surface area contributed by atoms with Gasteiger partial charge in [-0.05, 0) is 30.7 Å². The lowest BCUT2D eigenvalue weighted by Gasteiger charge is -2.02. The Kier molecular flexibility index (Phi) is 4.86. The Morgan fingerprint density at radius 3 is 2.81 bits per heavy atom. The largest absolute Gasteiger partial charge is 0.481 e. The van der Waals surface area contributed by atoms with Crippen molar-refractivity contribution in [1.29, 1.82) is 0 Å². The van der Waals surface area contributed by atoms with Gasteiger partial charge in [-0.25, -0.2) is 4.39 Å². The number of carboxylic acid groups (broad SMARTS) is 1. The minimum absolute atomic E-state index is 0.133. The number of carboxylic acids is 1. The summed E-state index contributed by atoms with van der Waals surface area (Å²) in [6, 6.07) is 4.01. The first kappa shape index (κ1) is 15.4. The molecule has 1 aromatic carbocycles. The van der Waals surface area contributed by atoms with E-state index in [1.165, 1.54) is 6.07 Å². The van der Waals surface area contributed by atoms with Crippen molar-refractivity contribution < 1.29 is 19.1 Å². The Balaban J connectivity index is 2.04.